The zero-order valence-electron chi connectivity index (χ0n) is 15.6. The number of aliphatic imine (C=N–C) groups is 1. The van der Waals surface area contributed by atoms with Crippen LogP contribution in [0.3, 0.4) is 0 Å². The van der Waals surface area contributed by atoms with Crippen LogP contribution in [0.4, 0.5) is 5.69 Å². The molecule has 26 heavy (non-hydrogen) atoms. The van der Waals surface area contributed by atoms with Crippen molar-refractivity contribution in [2.24, 2.45) is 4.99 Å². The molecule has 0 atom stereocenters. The first kappa shape index (κ1) is 17.2. The van der Waals surface area contributed by atoms with Gasteiger partial charge in [0.2, 0.25) is 0 Å². The molecule has 1 aliphatic rings. The Morgan fingerprint density at radius 2 is 1.88 bits per heavy atom. The van der Waals surface area contributed by atoms with E-state index in [0.717, 1.165) is 24.5 Å². The molecule has 4 heteroatoms. The van der Waals surface area contributed by atoms with Crippen molar-refractivity contribution in [3.05, 3.63) is 52.2 Å². The molecular weight excluding hydrogens is 342 g/mol. The lowest BCUT2D eigenvalue weighted by molar-refractivity contribution is 0.643. The van der Waals surface area contributed by atoms with Crippen LogP contribution in [-0.4, -0.2) is 24.5 Å². The molecular formula is C22H24ClN3. The number of nitrogens with zero attached hydrogens (tertiary/aromatic N) is 3. The van der Waals surface area contributed by atoms with E-state index in [1.54, 1.807) is 0 Å². The van der Waals surface area contributed by atoms with Crippen LogP contribution in [0.15, 0.2) is 35.3 Å². The fourth-order valence-corrected chi connectivity index (χ4v) is 4.58. The lowest BCUT2D eigenvalue weighted by Crippen LogP contribution is -2.32. The average molecular weight is 366 g/mol. The molecule has 134 valence electrons. The van der Waals surface area contributed by atoms with E-state index >= 15 is 0 Å². The number of aromatic nitrogens is 1. The van der Waals surface area contributed by atoms with E-state index in [9.17, 15) is 0 Å². The van der Waals surface area contributed by atoms with Gasteiger partial charge < -0.3 is 9.47 Å². The number of rotatable bonds is 4. The molecule has 1 aliphatic heterocycles. The molecule has 0 saturated heterocycles. The first-order valence-corrected chi connectivity index (χ1v) is 9.53. The first-order valence-electron chi connectivity index (χ1n) is 9.15. The summed E-state index contributed by atoms with van der Waals surface area (Å²) in [6, 6.07) is 10.6. The molecule has 3 aromatic rings. The zero-order valence-corrected chi connectivity index (χ0v) is 16.4. The summed E-state index contributed by atoms with van der Waals surface area (Å²) in [5.74, 6) is 0. The van der Waals surface area contributed by atoms with Crippen LogP contribution in [0.5, 0.6) is 0 Å². The Kier molecular flexibility index (Phi) is 4.28. The molecule has 0 spiro atoms. The maximum Gasteiger partial charge on any atom is 0.109 e. The average Bonchev–Trinajstić information content (AvgIpc) is 2.96. The van der Waals surface area contributed by atoms with Crippen molar-refractivity contribution in [2.75, 3.05) is 18.1 Å². The molecule has 0 N–H and O–H groups in total. The van der Waals surface area contributed by atoms with E-state index < -0.39 is 0 Å². The van der Waals surface area contributed by atoms with Gasteiger partial charge in [0, 0.05) is 29.2 Å². The largest absolute Gasteiger partial charge is 0.348 e. The molecule has 0 saturated carbocycles. The Morgan fingerprint density at radius 1 is 1.15 bits per heavy atom. The van der Waals surface area contributed by atoms with Crippen molar-refractivity contribution < 1.29 is 0 Å². The minimum atomic E-state index is 0.642. The predicted octanol–water partition coefficient (Wildman–Crippen LogP) is 5.62. The summed E-state index contributed by atoms with van der Waals surface area (Å²) in [4.78, 5) is 6.53. The monoisotopic (exact) mass is 365 g/mol. The van der Waals surface area contributed by atoms with Crippen LogP contribution >= 0.6 is 11.6 Å². The highest BCUT2D eigenvalue weighted by Gasteiger charge is 2.27. The third-order valence-electron chi connectivity index (χ3n) is 5.57. The Balaban J connectivity index is 2.11. The van der Waals surface area contributed by atoms with Gasteiger partial charge in [0.25, 0.3) is 0 Å². The first-order chi connectivity index (χ1) is 12.6. The van der Waals surface area contributed by atoms with Crippen molar-refractivity contribution in [3.8, 4) is 11.1 Å². The van der Waals surface area contributed by atoms with Gasteiger partial charge >= 0.3 is 0 Å². The van der Waals surface area contributed by atoms with Gasteiger partial charge in [0.05, 0.1) is 11.2 Å². The predicted molar refractivity (Wildman–Crippen MR) is 113 cm³/mol. The van der Waals surface area contributed by atoms with Crippen LogP contribution in [-0.2, 0) is 13.0 Å². The number of aryl methyl sites for hydroxylation is 1. The number of benzene rings is 2. The highest BCUT2D eigenvalue weighted by atomic mass is 35.5. The van der Waals surface area contributed by atoms with E-state index in [4.69, 9.17) is 11.6 Å². The fraction of sp³-hybridized carbons (Fsp3) is 0.318. The van der Waals surface area contributed by atoms with Crippen molar-refractivity contribution in [3.63, 3.8) is 0 Å². The summed E-state index contributed by atoms with van der Waals surface area (Å²) in [6.07, 6.45) is 0.992. The van der Waals surface area contributed by atoms with E-state index in [0.29, 0.717) is 6.67 Å². The second-order valence-corrected chi connectivity index (χ2v) is 7.45. The van der Waals surface area contributed by atoms with Crippen LogP contribution in [0.25, 0.3) is 22.0 Å². The van der Waals surface area contributed by atoms with Gasteiger partial charge in [0.15, 0.2) is 0 Å². The normalized spacial score (nSPS) is 13.5. The minimum absolute atomic E-state index is 0.642. The van der Waals surface area contributed by atoms with Crippen molar-refractivity contribution in [1.82, 2.24) is 4.57 Å². The third-order valence-corrected chi connectivity index (χ3v) is 5.83. The molecule has 2 heterocycles. The quantitative estimate of drug-likeness (QED) is 0.549. The molecule has 0 bridgehead atoms. The molecule has 2 aromatic carbocycles. The van der Waals surface area contributed by atoms with Gasteiger partial charge in [-0.05, 0) is 67.4 Å². The summed E-state index contributed by atoms with van der Waals surface area (Å²) in [5, 5.41) is 2.10. The van der Waals surface area contributed by atoms with Crippen molar-refractivity contribution in [1.29, 1.82) is 0 Å². The molecule has 0 amide bonds. The fourth-order valence-electron chi connectivity index (χ4n) is 4.45. The molecule has 1 aromatic heterocycles. The molecule has 3 nitrogen and oxygen atoms in total. The van der Waals surface area contributed by atoms with Gasteiger partial charge in [-0.1, -0.05) is 30.7 Å². The van der Waals surface area contributed by atoms with E-state index in [1.165, 1.54) is 44.5 Å². The topological polar surface area (TPSA) is 20.5 Å². The lowest BCUT2D eigenvalue weighted by atomic mass is 9.89. The number of hydrogen-bond acceptors (Lipinski definition) is 2. The van der Waals surface area contributed by atoms with Gasteiger partial charge in [-0.2, -0.15) is 0 Å². The number of halogens is 1. The van der Waals surface area contributed by atoms with Gasteiger partial charge in [-0.25, -0.2) is 0 Å². The Bertz CT molecular complexity index is 999. The van der Waals surface area contributed by atoms with Gasteiger partial charge in [-0.15, -0.1) is 0 Å². The number of hydrogen-bond donors (Lipinski definition) is 0. The van der Waals surface area contributed by atoms with Gasteiger partial charge in [0.1, 0.15) is 6.67 Å². The second kappa shape index (κ2) is 6.48. The molecule has 0 radical (unpaired) electrons. The van der Waals surface area contributed by atoms with Crippen LogP contribution < -0.4 is 4.90 Å². The van der Waals surface area contributed by atoms with Crippen LogP contribution in [0.1, 0.15) is 23.7 Å². The molecule has 0 aliphatic carbocycles. The van der Waals surface area contributed by atoms with E-state index in [-0.39, 0.29) is 0 Å². The Labute approximate surface area is 159 Å². The van der Waals surface area contributed by atoms with Gasteiger partial charge in [-0.3, -0.25) is 4.99 Å². The SMILES string of the molecule is C=NCN1CCn2c(C)cc3c(-c4ccc(Cl)cc4)c(CC)c(C)c1c32. The highest BCUT2D eigenvalue weighted by Crippen LogP contribution is 2.44. The number of anilines is 1. The van der Waals surface area contributed by atoms with E-state index in [1.807, 2.05) is 12.1 Å². The molecule has 4 rings (SSSR count). The lowest BCUT2D eigenvalue weighted by Gasteiger charge is -2.33. The van der Waals surface area contributed by atoms with E-state index in [2.05, 4.69) is 60.1 Å². The summed E-state index contributed by atoms with van der Waals surface area (Å²) >= 11 is 6.14. The third kappa shape index (κ3) is 2.45. The zero-order chi connectivity index (χ0) is 18.4. The highest BCUT2D eigenvalue weighted by molar-refractivity contribution is 6.30. The van der Waals surface area contributed by atoms with Crippen LogP contribution in [0, 0.1) is 13.8 Å². The Morgan fingerprint density at radius 3 is 2.54 bits per heavy atom. The summed E-state index contributed by atoms with van der Waals surface area (Å²) in [5.41, 5.74) is 9.30. The summed E-state index contributed by atoms with van der Waals surface area (Å²) < 4.78 is 2.45. The van der Waals surface area contributed by atoms with Crippen molar-refractivity contribution in [2.45, 2.75) is 33.7 Å². The maximum absolute atomic E-state index is 6.14. The molecule has 0 fully saturated rings. The van der Waals surface area contributed by atoms with Crippen molar-refractivity contribution >= 4 is 34.9 Å². The van der Waals surface area contributed by atoms with Crippen LogP contribution in [0.2, 0.25) is 5.02 Å². The summed E-state index contributed by atoms with van der Waals surface area (Å²) in [6.45, 7) is 13.0. The Hall–Kier alpha value is -2.26. The standard InChI is InChI=1S/C22H24ClN3/c1-5-18-15(3)21-22-19(20(18)16-6-8-17(23)9-7-16)12-14(2)26(22)11-10-25(21)13-24-4/h6-9,12H,4-5,10-11,13H2,1-3H3. The second-order valence-electron chi connectivity index (χ2n) is 7.02. The molecule has 0 unspecified atom stereocenters. The minimum Gasteiger partial charge on any atom is -0.348 e. The maximum atomic E-state index is 6.14. The summed E-state index contributed by atoms with van der Waals surface area (Å²) in [7, 11) is 0. The smallest absolute Gasteiger partial charge is 0.109 e.